The van der Waals surface area contributed by atoms with Crippen LogP contribution in [-0.2, 0) is 6.42 Å². The van der Waals surface area contributed by atoms with Crippen molar-refractivity contribution in [3.8, 4) is 0 Å². The summed E-state index contributed by atoms with van der Waals surface area (Å²) >= 11 is 17.9. The average molecular weight is 317 g/mol. The van der Waals surface area contributed by atoms with Crippen LogP contribution in [-0.4, -0.2) is 4.92 Å². The summed E-state index contributed by atoms with van der Waals surface area (Å²) in [4.78, 5) is 10.1. The third-order valence-corrected chi connectivity index (χ3v) is 3.58. The Morgan fingerprint density at radius 3 is 2.05 bits per heavy atom. The fourth-order valence-electron chi connectivity index (χ4n) is 1.66. The van der Waals surface area contributed by atoms with Gasteiger partial charge in [0.2, 0.25) is 0 Å². The summed E-state index contributed by atoms with van der Waals surface area (Å²) in [5, 5.41) is 12.1. The number of hydrogen-bond donors (Lipinski definition) is 0. The van der Waals surface area contributed by atoms with Crippen LogP contribution in [0.3, 0.4) is 0 Å². The Morgan fingerprint density at radius 1 is 0.947 bits per heavy atom. The van der Waals surface area contributed by atoms with Gasteiger partial charge in [0.1, 0.15) is 0 Å². The molecule has 0 amide bonds. The minimum atomic E-state index is -0.481. The highest BCUT2D eigenvalue weighted by molar-refractivity contribution is 6.35. The van der Waals surface area contributed by atoms with Crippen molar-refractivity contribution in [1.29, 1.82) is 0 Å². The molecule has 0 atom stereocenters. The average Bonchev–Trinajstić information content (AvgIpc) is 2.34. The predicted octanol–water partition coefficient (Wildman–Crippen LogP) is 5.15. The van der Waals surface area contributed by atoms with Gasteiger partial charge in [0.15, 0.2) is 0 Å². The van der Waals surface area contributed by atoms with E-state index in [0.717, 1.165) is 11.1 Å². The molecule has 98 valence electrons. The second-order valence-electron chi connectivity index (χ2n) is 3.95. The lowest BCUT2D eigenvalue weighted by atomic mass is 10.0. The van der Waals surface area contributed by atoms with Gasteiger partial charge >= 0.3 is 0 Å². The van der Waals surface area contributed by atoms with Gasteiger partial charge in [0, 0.05) is 28.6 Å². The van der Waals surface area contributed by atoms with Crippen molar-refractivity contribution >= 4 is 40.5 Å². The first kappa shape index (κ1) is 14.1. The molecule has 6 heteroatoms. The van der Waals surface area contributed by atoms with Crippen LogP contribution in [0.25, 0.3) is 0 Å². The van der Waals surface area contributed by atoms with E-state index < -0.39 is 4.92 Å². The fourth-order valence-corrected chi connectivity index (χ4v) is 2.38. The quantitative estimate of drug-likeness (QED) is 0.581. The molecule has 0 aliphatic heterocycles. The van der Waals surface area contributed by atoms with Crippen LogP contribution in [0.2, 0.25) is 15.1 Å². The second-order valence-corrected chi connectivity index (χ2v) is 5.20. The maximum absolute atomic E-state index is 10.6. The highest BCUT2D eigenvalue weighted by Gasteiger charge is 2.11. The molecule has 0 unspecified atom stereocenters. The number of halogens is 3. The Balaban J connectivity index is 2.31. The molecule has 19 heavy (non-hydrogen) atoms. The van der Waals surface area contributed by atoms with Gasteiger partial charge < -0.3 is 0 Å². The summed E-state index contributed by atoms with van der Waals surface area (Å²) in [6.07, 6.45) is 0.493. The summed E-state index contributed by atoms with van der Waals surface area (Å²) in [5.41, 5.74) is 1.61. The molecule has 0 aliphatic carbocycles. The van der Waals surface area contributed by atoms with E-state index in [1.807, 2.05) is 6.07 Å². The zero-order chi connectivity index (χ0) is 14.0. The van der Waals surface area contributed by atoms with Crippen LogP contribution < -0.4 is 0 Å². The fraction of sp³-hybridized carbons (Fsp3) is 0.0769. The Bertz CT molecular complexity index is 644. The third kappa shape index (κ3) is 3.38. The third-order valence-electron chi connectivity index (χ3n) is 2.64. The summed E-state index contributed by atoms with van der Waals surface area (Å²) < 4.78 is 0. The summed E-state index contributed by atoms with van der Waals surface area (Å²) in [6.45, 7) is 0. The lowest BCUT2D eigenvalue weighted by molar-refractivity contribution is -0.384. The van der Waals surface area contributed by atoms with Crippen molar-refractivity contribution < 1.29 is 4.92 Å². The number of nitro groups is 1. The van der Waals surface area contributed by atoms with Gasteiger partial charge in [-0.1, -0.05) is 46.9 Å². The summed E-state index contributed by atoms with van der Waals surface area (Å²) in [5.74, 6) is 0. The monoisotopic (exact) mass is 315 g/mol. The van der Waals surface area contributed by atoms with E-state index in [2.05, 4.69) is 0 Å². The van der Waals surface area contributed by atoms with Crippen molar-refractivity contribution in [1.82, 2.24) is 0 Å². The molecule has 0 fully saturated rings. The first-order chi connectivity index (χ1) is 8.97. The van der Waals surface area contributed by atoms with E-state index in [0.29, 0.717) is 21.5 Å². The van der Waals surface area contributed by atoms with E-state index >= 15 is 0 Å². The van der Waals surface area contributed by atoms with Gasteiger partial charge in [-0.15, -0.1) is 0 Å². The Hall–Kier alpha value is -1.29. The molecule has 0 radical (unpaired) electrons. The van der Waals surface area contributed by atoms with Crippen molar-refractivity contribution in [3.05, 3.63) is 72.7 Å². The lowest BCUT2D eigenvalue weighted by Crippen LogP contribution is -1.93. The second kappa shape index (κ2) is 5.78. The molecule has 0 saturated heterocycles. The zero-order valence-electron chi connectivity index (χ0n) is 9.57. The number of hydrogen-bond acceptors (Lipinski definition) is 2. The number of nitro benzene ring substituents is 1. The molecular formula is C13H8Cl3NO2. The topological polar surface area (TPSA) is 43.1 Å². The first-order valence-corrected chi connectivity index (χ1v) is 6.47. The van der Waals surface area contributed by atoms with E-state index in [1.54, 1.807) is 18.2 Å². The Kier molecular flexibility index (Phi) is 4.30. The van der Waals surface area contributed by atoms with Crippen LogP contribution in [0, 0.1) is 10.1 Å². The van der Waals surface area contributed by atoms with Crippen LogP contribution in [0.5, 0.6) is 0 Å². The van der Waals surface area contributed by atoms with Crippen LogP contribution in [0.1, 0.15) is 11.1 Å². The maximum Gasteiger partial charge on any atom is 0.270 e. The van der Waals surface area contributed by atoms with Gasteiger partial charge in [0.25, 0.3) is 5.69 Å². The van der Waals surface area contributed by atoms with Crippen LogP contribution in [0.4, 0.5) is 5.69 Å². The highest BCUT2D eigenvalue weighted by atomic mass is 35.5. The van der Waals surface area contributed by atoms with Crippen LogP contribution in [0.15, 0.2) is 36.4 Å². The predicted molar refractivity (Wildman–Crippen MR) is 77.4 cm³/mol. The molecule has 0 saturated carbocycles. The van der Waals surface area contributed by atoms with E-state index in [4.69, 9.17) is 34.8 Å². The molecule has 0 aromatic heterocycles. The van der Waals surface area contributed by atoms with Gasteiger partial charge in [-0.2, -0.15) is 0 Å². The molecule has 0 heterocycles. The zero-order valence-corrected chi connectivity index (χ0v) is 11.8. The largest absolute Gasteiger partial charge is 0.270 e. The molecule has 0 N–H and O–H groups in total. The Morgan fingerprint density at radius 2 is 1.53 bits per heavy atom. The first-order valence-electron chi connectivity index (χ1n) is 5.34. The normalized spacial score (nSPS) is 10.5. The smallest absolute Gasteiger partial charge is 0.258 e. The van der Waals surface area contributed by atoms with Crippen molar-refractivity contribution in [2.75, 3.05) is 0 Å². The molecular weight excluding hydrogens is 309 g/mol. The van der Waals surface area contributed by atoms with Crippen molar-refractivity contribution in [3.63, 3.8) is 0 Å². The number of benzene rings is 2. The SMILES string of the molecule is O=[N+]([O-])c1ccc(Cc2ccc(Cl)cc2Cl)c(Cl)c1. The molecule has 0 spiro atoms. The highest BCUT2D eigenvalue weighted by Crippen LogP contribution is 2.28. The van der Waals surface area contributed by atoms with Crippen molar-refractivity contribution in [2.45, 2.75) is 6.42 Å². The van der Waals surface area contributed by atoms with Crippen molar-refractivity contribution in [2.24, 2.45) is 0 Å². The van der Waals surface area contributed by atoms with Gasteiger partial charge in [0.05, 0.1) is 9.95 Å². The summed E-state index contributed by atoms with van der Waals surface area (Å²) in [7, 11) is 0. The minimum absolute atomic E-state index is 0.0315. The van der Waals surface area contributed by atoms with Gasteiger partial charge in [-0.25, -0.2) is 0 Å². The number of nitrogens with zero attached hydrogens (tertiary/aromatic N) is 1. The molecule has 2 aromatic carbocycles. The molecule has 0 aliphatic rings. The van der Waals surface area contributed by atoms with E-state index in [1.165, 1.54) is 12.1 Å². The van der Waals surface area contributed by atoms with Gasteiger partial charge in [-0.05, 0) is 23.3 Å². The van der Waals surface area contributed by atoms with Crippen LogP contribution >= 0.6 is 34.8 Å². The van der Waals surface area contributed by atoms with E-state index in [-0.39, 0.29) is 5.69 Å². The molecule has 2 rings (SSSR count). The number of non-ortho nitro benzene ring substituents is 1. The minimum Gasteiger partial charge on any atom is -0.258 e. The lowest BCUT2D eigenvalue weighted by Gasteiger charge is -2.07. The van der Waals surface area contributed by atoms with E-state index in [9.17, 15) is 10.1 Å². The molecule has 0 bridgehead atoms. The van der Waals surface area contributed by atoms with Gasteiger partial charge in [-0.3, -0.25) is 10.1 Å². The molecule has 3 nitrogen and oxygen atoms in total. The summed E-state index contributed by atoms with van der Waals surface area (Å²) in [6, 6.07) is 9.58. The Labute approximate surface area is 124 Å². The standard InChI is InChI=1S/C13H8Cl3NO2/c14-10-3-1-8(12(15)6-10)5-9-2-4-11(17(18)19)7-13(9)16/h1-4,6-7H,5H2. The molecule has 2 aromatic rings. The number of rotatable bonds is 3. The maximum atomic E-state index is 10.6.